The maximum absolute atomic E-state index is 11.3. The minimum Gasteiger partial charge on any atom is -0.391 e. The largest absolute Gasteiger partial charge is 0.391 e. The molecular weight excluding hydrogens is 260 g/mol. The number of nitrogens with two attached hydrogens (primary N) is 1. The van der Waals surface area contributed by atoms with Gasteiger partial charge in [-0.3, -0.25) is 19.8 Å². The second-order valence-corrected chi connectivity index (χ2v) is 5.24. The van der Waals surface area contributed by atoms with Gasteiger partial charge in [0, 0.05) is 12.6 Å². The molecule has 8 heteroatoms. The number of aliphatic hydroxyl groups is 1. The minimum absolute atomic E-state index is 0.202. The molecule has 112 valence electrons. The first kappa shape index (κ1) is 14.9. The molecule has 2 rings (SSSR count). The average Bonchev–Trinajstić information content (AvgIpc) is 2.93. The Hall–Kier alpha value is -1.51. The number of hydrogen-bond acceptors (Lipinski definition) is 6. The normalized spacial score (nSPS) is 23.0. The number of carbonyl (C=O) groups is 1. The van der Waals surface area contributed by atoms with Gasteiger partial charge in [0.1, 0.15) is 0 Å². The van der Waals surface area contributed by atoms with Crippen molar-refractivity contribution in [3.63, 3.8) is 0 Å². The quantitative estimate of drug-likeness (QED) is 0.367. The number of carbonyl (C=O) groups excluding carboxylic acids is 1. The summed E-state index contributed by atoms with van der Waals surface area (Å²) in [5.41, 5.74) is 2.22. The summed E-state index contributed by atoms with van der Waals surface area (Å²) in [4.78, 5) is 13.4. The van der Waals surface area contributed by atoms with E-state index in [1.165, 1.54) is 0 Å². The van der Waals surface area contributed by atoms with E-state index in [9.17, 15) is 9.90 Å². The number of amides is 1. The first-order valence-corrected chi connectivity index (χ1v) is 6.91. The summed E-state index contributed by atoms with van der Waals surface area (Å²) >= 11 is 0. The van der Waals surface area contributed by atoms with Crippen molar-refractivity contribution >= 4 is 5.91 Å². The highest BCUT2D eigenvalue weighted by Gasteiger charge is 2.26. The van der Waals surface area contributed by atoms with E-state index in [2.05, 4.69) is 15.2 Å². The third kappa shape index (κ3) is 3.53. The molecule has 20 heavy (non-hydrogen) atoms. The number of likely N-dealkylation sites (N-methyl/N-ethyl adjacent to an activating group) is 1. The SMILES string of the molecule is CN(CCn1cc(C(=O)NN)nn1)C1CCCCC1O. The Morgan fingerprint density at radius 2 is 2.35 bits per heavy atom. The van der Waals surface area contributed by atoms with Crippen molar-refractivity contribution in [2.24, 2.45) is 5.84 Å². The van der Waals surface area contributed by atoms with Crippen LogP contribution in [0.4, 0.5) is 0 Å². The molecule has 0 aliphatic heterocycles. The summed E-state index contributed by atoms with van der Waals surface area (Å²) in [5, 5.41) is 17.6. The molecule has 0 radical (unpaired) electrons. The van der Waals surface area contributed by atoms with Crippen molar-refractivity contribution in [1.82, 2.24) is 25.3 Å². The molecule has 1 aliphatic rings. The zero-order valence-electron chi connectivity index (χ0n) is 11.7. The summed E-state index contributed by atoms with van der Waals surface area (Å²) in [7, 11) is 2.00. The van der Waals surface area contributed by atoms with Gasteiger partial charge >= 0.3 is 0 Å². The molecule has 0 bridgehead atoms. The van der Waals surface area contributed by atoms with E-state index in [0.717, 1.165) is 32.2 Å². The van der Waals surface area contributed by atoms with Crippen LogP contribution in [0.3, 0.4) is 0 Å². The van der Waals surface area contributed by atoms with Crippen LogP contribution >= 0.6 is 0 Å². The lowest BCUT2D eigenvalue weighted by Crippen LogP contribution is -2.44. The summed E-state index contributed by atoms with van der Waals surface area (Å²) in [6.07, 6.45) is 5.48. The highest BCUT2D eigenvalue weighted by atomic mass is 16.3. The van der Waals surface area contributed by atoms with Gasteiger partial charge in [-0.2, -0.15) is 0 Å². The number of rotatable bonds is 5. The fraction of sp³-hybridized carbons (Fsp3) is 0.750. The van der Waals surface area contributed by atoms with E-state index in [0.29, 0.717) is 6.54 Å². The molecule has 1 aromatic heterocycles. The molecule has 2 atom stereocenters. The predicted molar refractivity (Wildman–Crippen MR) is 72.6 cm³/mol. The zero-order chi connectivity index (χ0) is 14.5. The lowest BCUT2D eigenvalue weighted by atomic mass is 9.92. The molecule has 8 nitrogen and oxygen atoms in total. The molecule has 0 spiro atoms. The van der Waals surface area contributed by atoms with Crippen LogP contribution < -0.4 is 11.3 Å². The Morgan fingerprint density at radius 3 is 3.05 bits per heavy atom. The van der Waals surface area contributed by atoms with Crippen LogP contribution in [-0.2, 0) is 6.54 Å². The third-order valence-electron chi connectivity index (χ3n) is 3.84. The Balaban J connectivity index is 1.85. The second kappa shape index (κ2) is 6.78. The van der Waals surface area contributed by atoms with E-state index in [1.807, 2.05) is 12.5 Å². The van der Waals surface area contributed by atoms with Crippen LogP contribution in [0, 0.1) is 0 Å². The van der Waals surface area contributed by atoms with Crippen LogP contribution in [-0.4, -0.2) is 56.6 Å². The number of aromatic nitrogens is 3. The Kier molecular flexibility index (Phi) is 5.05. The van der Waals surface area contributed by atoms with Crippen LogP contribution in [0.5, 0.6) is 0 Å². The van der Waals surface area contributed by atoms with Crippen LogP contribution in [0.25, 0.3) is 0 Å². The summed E-state index contributed by atoms with van der Waals surface area (Å²) in [5.74, 6) is 4.58. The minimum atomic E-state index is -0.452. The number of nitrogens with zero attached hydrogens (tertiary/aromatic N) is 4. The molecule has 1 aliphatic carbocycles. The van der Waals surface area contributed by atoms with E-state index in [4.69, 9.17) is 5.84 Å². The first-order chi connectivity index (χ1) is 9.61. The molecule has 1 saturated carbocycles. The molecule has 1 aromatic rings. The van der Waals surface area contributed by atoms with Gasteiger partial charge < -0.3 is 5.11 Å². The average molecular weight is 282 g/mol. The van der Waals surface area contributed by atoms with Gasteiger partial charge in [0.2, 0.25) is 0 Å². The van der Waals surface area contributed by atoms with Gasteiger partial charge in [0.15, 0.2) is 5.69 Å². The van der Waals surface area contributed by atoms with Gasteiger partial charge in [0.05, 0.1) is 18.8 Å². The van der Waals surface area contributed by atoms with Gasteiger partial charge in [-0.15, -0.1) is 5.10 Å². The first-order valence-electron chi connectivity index (χ1n) is 6.91. The lowest BCUT2D eigenvalue weighted by molar-refractivity contribution is 0.0304. The predicted octanol–water partition coefficient (Wildman–Crippen LogP) is -0.883. The molecule has 1 fully saturated rings. The van der Waals surface area contributed by atoms with Crippen molar-refractivity contribution in [2.45, 2.75) is 44.4 Å². The maximum Gasteiger partial charge on any atom is 0.287 e. The Morgan fingerprint density at radius 1 is 1.60 bits per heavy atom. The lowest BCUT2D eigenvalue weighted by Gasteiger charge is -2.35. The monoisotopic (exact) mass is 282 g/mol. The standard InChI is InChI=1S/C12H22N6O2/c1-17(10-4-2-3-5-11(10)19)6-7-18-8-9(15-16-18)12(20)14-13/h8,10-11,19H,2-7,13H2,1H3,(H,14,20). The zero-order valence-corrected chi connectivity index (χ0v) is 11.7. The summed E-state index contributed by atoms with van der Waals surface area (Å²) < 4.78 is 1.61. The highest BCUT2D eigenvalue weighted by molar-refractivity contribution is 5.91. The number of nitrogens with one attached hydrogen (secondary N) is 1. The summed E-state index contributed by atoms with van der Waals surface area (Å²) in [6.45, 7) is 1.36. The Labute approximate surface area is 117 Å². The maximum atomic E-state index is 11.3. The van der Waals surface area contributed by atoms with Crippen molar-refractivity contribution < 1.29 is 9.90 Å². The van der Waals surface area contributed by atoms with Crippen LogP contribution in [0.1, 0.15) is 36.2 Å². The smallest absolute Gasteiger partial charge is 0.287 e. The molecule has 2 unspecified atom stereocenters. The van der Waals surface area contributed by atoms with Crippen LogP contribution in [0.15, 0.2) is 6.20 Å². The summed E-state index contributed by atoms with van der Waals surface area (Å²) in [6, 6.07) is 0.207. The van der Waals surface area contributed by atoms with E-state index >= 15 is 0 Å². The number of hydrogen-bond donors (Lipinski definition) is 3. The van der Waals surface area contributed by atoms with Crippen molar-refractivity contribution in [3.8, 4) is 0 Å². The third-order valence-corrected chi connectivity index (χ3v) is 3.84. The van der Waals surface area contributed by atoms with E-state index in [-0.39, 0.29) is 17.8 Å². The Bertz CT molecular complexity index is 449. The van der Waals surface area contributed by atoms with Crippen molar-refractivity contribution in [1.29, 1.82) is 0 Å². The molecule has 1 amide bonds. The molecule has 1 heterocycles. The molecule has 0 saturated heterocycles. The van der Waals surface area contributed by atoms with Crippen molar-refractivity contribution in [3.05, 3.63) is 11.9 Å². The molecule has 4 N–H and O–H groups in total. The number of hydrazine groups is 1. The fourth-order valence-corrected chi connectivity index (χ4v) is 2.62. The van der Waals surface area contributed by atoms with Crippen molar-refractivity contribution in [2.75, 3.05) is 13.6 Å². The second-order valence-electron chi connectivity index (χ2n) is 5.24. The van der Waals surface area contributed by atoms with Gasteiger partial charge in [-0.25, -0.2) is 5.84 Å². The highest BCUT2D eigenvalue weighted by Crippen LogP contribution is 2.22. The number of nitrogen functional groups attached to an aromatic ring is 1. The fourth-order valence-electron chi connectivity index (χ4n) is 2.62. The molecular formula is C12H22N6O2. The van der Waals surface area contributed by atoms with Gasteiger partial charge in [0.25, 0.3) is 5.91 Å². The van der Waals surface area contributed by atoms with E-state index in [1.54, 1.807) is 10.9 Å². The van der Waals surface area contributed by atoms with E-state index < -0.39 is 5.91 Å². The molecule has 0 aromatic carbocycles. The number of aliphatic hydroxyl groups excluding tert-OH is 1. The van der Waals surface area contributed by atoms with Crippen LogP contribution in [0.2, 0.25) is 0 Å². The van der Waals surface area contributed by atoms with Gasteiger partial charge in [-0.1, -0.05) is 18.1 Å². The topological polar surface area (TPSA) is 109 Å². The van der Waals surface area contributed by atoms with Gasteiger partial charge in [-0.05, 0) is 19.9 Å².